The molecule has 2 rings (SSSR count). The number of aliphatic hydroxyl groups is 1. The van der Waals surface area contributed by atoms with E-state index in [0.717, 1.165) is 16.8 Å². The number of aromatic nitrogens is 1. The minimum atomic E-state index is -0.957. The molecule has 0 aliphatic carbocycles. The third-order valence-corrected chi connectivity index (χ3v) is 2.90. The number of rotatable bonds is 3. The molecular weight excluding hydrogens is 241 g/mol. The van der Waals surface area contributed by atoms with Gasteiger partial charge in [0, 0.05) is 23.9 Å². The Morgan fingerprint density at radius 1 is 1.32 bits per heavy atom. The highest BCUT2D eigenvalue weighted by Gasteiger charge is 2.09. The minimum absolute atomic E-state index is 0.120. The number of benzene rings is 1. The molecule has 0 radical (unpaired) electrons. The van der Waals surface area contributed by atoms with Gasteiger partial charge in [-0.15, -0.1) is 6.42 Å². The van der Waals surface area contributed by atoms with Crippen LogP contribution in [0.3, 0.4) is 0 Å². The summed E-state index contributed by atoms with van der Waals surface area (Å²) in [6.07, 6.45) is 5.95. The van der Waals surface area contributed by atoms with Crippen molar-refractivity contribution in [3.05, 3.63) is 53.6 Å². The predicted octanol–water partition coefficient (Wildman–Crippen LogP) is 2.73. The third-order valence-electron chi connectivity index (χ3n) is 2.90. The average Bonchev–Trinajstić information content (AvgIpc) is 2.41. The third kappa shape index (κ3) is 3.18. The molecule has 1 atom stereocenters. The lowest BCUT2D eigenvalue weighted by Crippen LogP contribution is -2.08. The number of halogens is 1. The minimum Gasteiger partial charge on any atom is -0.380 e. The predicted molar refractivity (Wildman–Crippen MR) is 72.9 cm³/mol. The van der Waals surface area contributed by atoms with Gasteiger partial charge < -0.3 is 5.11 Å². The Morgan fingerprint density at radius 3 is 2.63 bits per heavy atom. The lowest BCUT2D eigenvalue weighted by Gasteiger charge is -2.08. The summed E-state index contributed by atoms with van der Waals surface area (Å²) in [5, 5.41) is 9.34. The molecule has 1 heterocycles. The molecule has 3 heteroatoms. The standard InChI is InChI=1S/C16H14FNO/c1-3-15(19)8-13-7-6-12(9-16(13)17)14-5-4-11(2)18-10-14/h1,4-7,9-10,15,19H,8H2,2H3. The summed E-state index contributed by atoms with van der Waals surface area (Å²) in [6.45, 7) is 1.90. The molecule has 0 saturated carbocycles. The number of aryl methyl sites for hydroxylation is 1. The van der Waals surface area contributed by atoms with E-state index in [-0.39, 0.29) is 12.2 Å². The van der Waals surface area contributed by atoms with Crippen molar-refractivity contribution in [3.63, 3.8) is 0 Å². The molecule has 0 bridgehead atoms. The van der Waals surface area contributed by atoms with Crippen LogP contribution >= 0.6 is 0 Å². The highest BCUT2D eigenvalue weighted by atomic mass is 19.1. The van der Waals surface area contributed by atoms with E-state index < -0.39 is 6.10 Å². The van der Waals surface area contributed by atoms with Crippen molar-refractivity contribution < 1.29 is 9.50 Å². The molecule has 0 spiro atoms. The van der Waals surface area contributed by atoms with E-state index in [1.807, 2.05) is 19.1 Å². The molecule has 19 heavy (non-hydrogen) atoms. The van der Waals surface area contributed by atoms with Crippen LogP contribution in [0.15, 0.2) is 36.5 Å². The van der Waals surface area contributed by atoms with Crippen LogP contribution in [0.2, 0.25) is 0 Å². The van der Waals surface area contributed by atoms with Gasteiger partial charge in [-0.2, -0.15) is 0 Å². The molecule has 96 valence electrons. The molecule has 1 N–H and O–H groups in total. The second-order valence-electron chi connectivity index (χ2n) is 4.38. The van der Waals surface area contributed by atoms with E-state index in [2.05, 4.69) is 10.9 Å². The molecule has 0 fully saturated rings. The van der Waals surface area contributed by atoms with Crippen molar-refractivity contribution >= 4 is 0 Å². The Bertz CT molecular complexity index is 614. The van der Waals surface area contributed by atoms with Gasteiger partial charge in [0.15, 0.2) is 0 Å². The zero-order valence-electron chi connectivity index (χ0n) is 10.6. The van der Waals surface area contributed by atoms with Gasteiger partial charge in [0.05, 0.1) is 0 Å². The highest BCUT2D eigenvalue weighted by Crippen LogP contribution is 2.22. The van der Waals surface area contributed by atoms with Crippen LogP contribution in [0.4, 0.5) is 4.39 Å². The van der Waals surface area contributed by atoms with Crippen LogP contribution < -0.4 is 0 Å². The van der Waals surface area contributed by atoms with E-state index in [1.165, 1.54) is 6.07 Å². The Kier molecular flexibility index (Phi) is 3.94. The highest BCUT2D eigenvalue weighted by molar-refractivity contribution is 5.63. The molecule has 2 nitrogen and oxygen atoms in total. The summed E-state index contributed by atoms with van der Waals surface area (Å²) in [5.74, 6) is 1.80. The maximum atomic E-state index is 13.9. The first kappa shape index (κ1) is 13.3. The summed E-state index contributed by atoms with van der Waals surface area (Å²) in [4.78, 5) is 4.18. The molecule has 0 aliphatic rings. The smallest absolute Gasteiger partial charge is 0.127 e. The van der Waals surface area contributed by atoms with E-state index >= 15 is 0 Å². The first-order valence-electron chi connectivity index (χ1n) is 5.96. The van der Waals surface area contributed by atoms with Crippen molar-refractivity contribution in [2.45, 2.75) is 19.4 Å². The van der Waals surface area contributed by atoms with E-state index in [9.17, 15) is 9.50 Å². The van der Waals surface area contributed by atoms with Crippen molar-refractivity contribution in [1.82, 2.24) is 4.98 Å². The largest absolute Gasteiger partial charge is 0.380 e. The number of aliphatic hydroxyl groups excluding tert-OH is 1. The van der Waals surface area contributed by atoms with E-state index in [1.54, 1.807) is 18.3 Å². The summed E-state index contributed by atoms with van der Waals surface area (Å²) in [5.41, 5.74) is 2.93. The number of hydrogen-bond acceptors (Lipinski definition) is 2. The monoisotopic (exact) mass is 255 g/mol. The number of terminal acetylenes is 1. The van der Waals surface area contributed by atoms with Crippen LogP contribution in [0.25, 0.3) is 11.1 Å². The average molecular weight is 255 g/mol. The molecule has 1 aromatic heterocycles. The van der Waals surface area contributed by atoms with Crippen LogP contribution in [0, 0.1) is 25.1 Å². The van der Waals surface area contributed by atoms with Gasteiger partial charge in [-0.25, -0.2) is 4.39 Å². The summed E-state index contributed by atoms with van der Waals surface area (Å²) in [7, 11) is 0. The van der Waals surface area contributed by atoms with Gasteiger partial charge in [-0.1, -0.05) is 24.1 Å². The summed E-state index contributed by atoms with van der Waals surface area (Å²) in [6, 6.07) is 8.65. The molecule has 0 saturated heterocycles. The van der Waals surface area contributed by atoms with Crippen LogP contribution in [0.5, 0.6) is 0 Å². The van der Waals surface area contributed by atoms with Gasteiger partial charge in [-0.3, -0.25) is 4.98 Å². The number of hydrogen-bond donors (Lipinski definition) is 1. The lowest BCUT2D eigenvalue weighted by molar-refractivity contribution is 0.232. The van der Waals surface area contributed by atoms with E-state index in [0.29, 0.717) is 5.56 Å². The molecule has 1 aromatic carbocycles. The molecule has 0 aliphatic heterocycles. The molecule has 0 amide bonds. The van der Waals surface area contributed by atoms with Crippen molar-refractivity contribution in [2.75, 3.05) is 0 Å². The number of nitrogens with zero attached hydrogens (tertiary/aromatic N) is 1. The fourth-order valence-corrected chi connectivity index (χ4v) is 1.80. The topological polar surface area (TPSA) is 33.1 Å². The second-order valence-corrected chi connectivity index (χ2v) is 4.38. The first-order valence-corrected chi connectivity index (χ1v) is 5.96. The zero-order chi connectivity index (χ0) is 13.8. The van der Waals surface area contributed by atoms with Gasteiger partial charge in [0.25, 0.3) is 0 Å². The van der Waals surface area contributed by atoms with Gasteiger partial charge in [0.1, 0.15) is 11.9 Å². The van der Waals surface area contributed by atoms with Crippen LogP contribution in [-0.4, -0.2) is 16.2 Å². The van der Waals surface area contributed by atoms with Crippen molar-refractivity contribution in [2.24, 2.45) is 0 Å². The summed E-state index contributed by atoms with van der Waals surface area (Å²) < 4.78 is 13.9. The normalized spacial score (nSPS) is 11.9. The zero-order valence-corrected chi connectivity index (χ0v) is 10.6. The Morgan fingerprint density at radius 2 is 2.05 bits per heavy atom. The molecule has 2 aromatic rings. The maximum absolute atomic E-state index is 13.9. The Balaban J connectivity index is 2.28. The maximum Gasteiger partial charge on any atom is 0.127 e. The molecule has 1 unspecified atom stereocenters. The quantitative estimate of drug-likeness (QED) is 0.855. The lowest BCUT2D eigenvalue weighted by atomic mass is 10.0. The van der Waals surface area contributed by atoms with E-state index in [4.69, 9.17) is 6.42 Å². The van der Waals surface area contributed by atoms with Crippen LogP contribution in [-0.2, 0) is 6.42 Å². The Hall–Kier alpha value is -2.18. The van der Waals surface area contributed by atoms with Gasteiger partial charge >= 0.3 is 0 Å². The second kappa shape index (κ2) is 5.64. The van der Waals surface area contributed by atoms with Crippen LogP contribution in [0.1, 0.15) is 11.3 Å². The fourth-order valence-electron chi connectivity index (χ4n) is 1.80. The van der Waals surface area contributed by atoms with Crippen molar-refractivity contribution in [3.8, 4) is 23.5 Å². The number of pyridine rings is 1. The SMILES string of the molecule is C#CC(O)Cc1ccc(-c2ccc(C)nc2)cc1F. The molecular formula is C16H14FNO. The first-order chi connectivity index (χ1) is 9.10. The summed E-state index contributed by atoms with van der Waals surface area (Å²) >= 11 is 0. The Labute approximate surface area is 111 Å². The van der Waals surface area contributed by atoms with Crippen molar-refractivity contribution in [1.29, 1.82) is 0 Å². The van der Waals surface area contributed by atoms with Gasteiger partial charge in [-0.05, 0) is 30.2 Å². The fraction of sp³-hybridized carbons (Fsp3) is 0.188. The van der Waals surface area contributed by atoms with Gasteiger partial charge in [0.2, 0.25) is 0 Å².